The summed E-state index contributed by atoms with van der Waals surface area (Å²) in [7, 11) is 0.503. The second-order valence-corrected chi connectivity index (χ2v) is 5.90. The minimum atomic E-state index is 0.503. The van der Waals surface area contributed by atoms with Gasteiger partial charge in [-0.05, 0) is 0 Å². The third-order valence-electron chi connectivity index (χ3n) is 2.06. The van der Waals surface area contributed by atoms with Crippen LogP contribution in [0, 0.1) is 0 Å². The van der Waals surface area contributed by atoms with Gasteiger partial charge in [0.05, 0.1) is 0 Å². The summed E-state index contributed by atoms with van der Waals surface area (Å²) in [4.78, 5) is 0. The van der Waals surface area contributed by atoms with E-state index < -0.39 is 0 Å². The first kappa shape index (κ1) is 4.13. The van der Waals surface area contributed by atoms with Gasteiger partial charge in [0, 0.05) is 9.52 Å². The molecule has 0 heterocycles. The molecule has 2 saturated carbocycles. The number of rotatable bonds is 2. The van der Waals surface area contributed by atoms with E-state index >= 15 is 0 Å². The van der Waals surface area contributed by atoms with Crippen molar-refractivity contribution in [1.29, 1.82) is 0 Å². The van der Waals surface area contributed by atoms with Gasteiger partial charge in [-0.2, -0.15) is 0 Å². The molecule has 0 spiro atoms. The smallest absolute Gasteiger partial charge is 0.0264 e. The largest absolute Gasteiger partial charge is 0.0534 e. The Bertz CT molecular complexity index is 62.2. The van der Waals surface area contributed by atoms with Gasteiger partial charge in [-0.1, -0.05) is 36.8 Å². The highest BCUT2D eigenvalue weighted by molar-refractivity contribution is 6.41. The van der Waals surface area contributed by atoms with Crippen molar-refractivity contribution in [3.8, 4) is 0 Å². The summed E-state index contributed by atoms with van der Waals surface area (Å²) < 4.78 is 0. The van der Waals surface area contributed by atoms with Crippen LogP contribution in [0.4, 0.5) is 0 Å². The molecule has 0 bridgehead atoms. The Hall–Kier alpha value is 0.217. The Morgan fingerprint density at radius 1 is 0.857 bits per heavy atom. The van der Waals surface area contributed by atoms with Crippen LogP contribution in [0.15, 0.2) is 0 Å². The molecule has 1 heteroatoms. The molecule has 2 aliphatic carbocycles. The number of hydrogen-bond acceptors (Lipinski definition) is 0. The first-order chi connectivity index (χ1) is 3.45. The maximum absolute atomic E-state index is 1.61. The standard InChI is InChI=1S/C6H12Si/c1-2-5(1)7-6-3-4-6/h5-6H,1-4,7H2. The van der Waals surface area contributed by atoms with E-state index in [1.54, 1.807) is 25.7 Å². The predicted molar refractivity (Wildman–Crippen MR) is 34.5 cm³/mol. The fraction of sp³-hybridized carbons (Fsp3) is 1.00. The molecule has 0 N–H and O–H groups in total. The average molecular weight is 112 g/mol. The summed E-state index contributed by atoms with van der Waals surface area (Å²) >= 11 is 0. The summed E-state index contributed by atoms with van der Waals surface area (Å²) in [5.74, 6) is 0. The zero-order valence-corrected chi connectivity index (χ0v) is 6.10. The molecule has 0 aliphatic heterocycles. The van der Waals surface area contributed by atoms with Crippen molar-refractivity contribution in [2.75, 3.05) is 0 Å². The Balaban J connectivity index is 1.69. The summed E-state index contributed by atoms with van der Waals surface area (Å²) in [6.45, 7) is 0. The SMILES string of the molecule is C1CC1[SiH2]C1CC1. The van der Waals surface area contributed by atoms with Crippen molar-refractivity contribution in [1.82, 2.24) is 0 Å². The van der Waals surface area contributed by atoms with Crippen molar-refractivity contribution < 1.29 is 0 Å². The molecule has 0 aromatic rings. The van der Waals surface area contributed by atoms with Crippen LogP contribution in [0.1, 0.15) is 25.7 Å². The third-order valence-corrected chi connectivity index (χ3v) is 5.03. The molecular formula is C6H12Si. The van der Waals surface area contributed by atoms with Gasteiger partial charge in [0.2, 0.25) is 0 Å². The molecule has 40 valence electrons. The molecule has 0 amide bonds. The highest BCUT2D eigenvalue weighted by Crippen LogP contribution is 2.45. The molecule has 0 saturated heterocycles. The fourth-order valence-corrected chi connectivity index (χ4v) is 3.54. The molecule has 2 rings (SSSR count). The lowest BCUT2D eigenvalue weighted by molar-refractivity contribution is 1.32. The lowest BCUT2D eigenvalue weighted by Gasteiger charge is -1.84. The summed E-state index contributed by atoms with van der Waals surface area (Å²) in [6.07, 6.45) is 6.46. The topological polar surface area (TPSA) is 0 Å². The van der Waals surface area contributed by atoms with E-state index in [0.29, 0.717) is 9.52 Å². The van der Waals surface area contributed by atoms with Crippen molar-refractivity contribution in [2.45, 2.75) is 36.8 Å². The normalized spacial score (nSPS) is 30.9. The number of hydrogen-bond donors (Lipinski definition) is 0. The maximum atomic E-state index is 1.61. The van der Waals surface area contributed by atoms with E-state index in [0.717, 1.165) is 0 Å². The average Bonchev–Trinajstić information content (AvgIpc) is 2.33. The van der Waals surface area contributed by atoms with Crippen LogP contribution in [0.2, 0.25) is 11.1 Å². The molecule has 7 heavy (non-hydrogen) atoms. The second-order valence-electron chi connectivity index (χ2n) is 3.12. The van der Waals surface area contributed by atoms with E-state index in [1.165, 1.54) is 11.1 Å². The first-order valence-corrected chi connectivity index (χ1v) is 5.08. The highest BCUT2D eigenvalue weighted by atomic mass is 28.2. The molecule has 2 aliphatic rings. The predicted octanol–water partition coefficient (Wildman–Crippen LogP) is 1.32. The lowest BCUT2D eigenvalue weighted by atomic mass is 10.9. The van der Waals surface area contributed by atoms with E-state index in [-0.39, 0.29) is 0 Å². The van der Waals surface area contributed by atoms with E-state index in [2.05, 4.69) is 0 Å². The summed E-state index contributed by atoms with van der Waals surface area (Å²) in [5, 5.41) is 0. The van der Waals surface area contributed by atoms with E-state index in [9.17, 15) is 0 Å². The van der Waals surface area contributed by atoms with Gasteiger partial charge in [0.1, 0.15) is 0 Å². The molecule has 0 nitrogen and oxygen atoms in total. The highest BCUT2D eigenvalue weighted by Gasteiger charge is 2.31. The van der Waals surface area contributed by atoms with Crippen molar-refractivity contribution in [3.63, 3.8) is 0 Å². The van der Waals surface area contributed by atoms with Crippen LogP contribution in [-0.4, -0.2) is 9.52 Å². The molecule has 0 radical (unpaired) electrons. The van der Waals surface area contributed by atoms with Gasteiger partial charge in [0.15, 0.2) is 0 Å². The minimum Gasteiger partial charge on any atom is -0.0534 e. The van der Waals surface area contributed by atoms with Crippen molar-refractivity contribution in [3.05, 3.63) is 0 Å². The first-order valence-electron chi connectivity index (χ1n) is 3.45. The lowest BCUT2D eigenvalue weighted by Crippen LogP contribution is -1.83. The van der Waals surface area contributed by atoms with Crippen LogP contribution in [0.25, 0.3) is 0 Å². The van der Waals surface area contributed by atoms with Gasteiger partial charge >= 0.3 is 0 Å². The molecule has 2 fully saturated rings. The Morgan fingerprint density at radius 3 is 1.57 bits per heavy atom. The van der Waals surface area contributed by atoms with Gasteiger partial charge in [0.25, 0.3) is 0 Å². The van der Waals surface area contributed by atoms with E-state index in [1.807, 2.05) is 0 Å². The van der Waals surface area contributed by atoms with Crippen LogP contribution in [0.5, 0.6) is 0 Å². The quantitative estimate of drug-likeness (QED) is 0.473. The van der Waals surface area contributed by atoms with Gasteiger partial charge < -0.3 is 0 Å². The van der Waals surface area contributed by atoms with Crippen LogP contribution in [0.3, 0.4) is 0 Å². The third kappa shape index (κ3) is 1.06. The van der Waals surface area contributed by atoms with Crippen molar-refractivity contribution >= 4 is 9.52 Å². The van der Waals surface area contributed by atoms with Gasteiger partial charge in [-0.25, -0.2) is 0 Å². The van der Waals surface area contributed by atoms with E-state index in [4.69, 9.17) is 0 Å². The molecule has 0 aromatic carbocycles. The molecule has 0 unspecified atom stereocenters. The van der Waals surface area contributed by atoms with Crippen LogP contribution in [-0.2, 0) is 0 Å². The molecular weight excluding hydrogens is 100 g/mol. The Kier molecular flexibility index (Phi) is 0.794. The summed E-state index contributed by atoms with van der Waals surface area (Å²) in [5.41, 5.74) is 2.65. The van der Waals surface area contributed by atoms with Crippen molar-refractivity contribution in [2.24, 2.45) is 0 Å². The Labute approximate surface area is 47.1 Å². The monoisotopic (exact) mass is 112 g/mol. The Morgan fingerprint density at radius 2 is 1.29 bits per heavy atom. The fourth-order valence-electron chi connectivity index (χ4n) is 1.18. The van der Waals surface area contributed by atoms with Crippen LogP contribution >= 0.6 is 0 Å². The maximum Gasteiger partial charge on any atom is 0.0264 e. The zero-order valence-electron chi connectivity index (χ0n) is 4.69. The second kappa shape index (κ2) is 1.34. The van der Waals surface area contributed by atoms with Crippen LogP contribution < -0.4 is 0 Å². The van der Waals surface area contributed by atoms with Gasteiger partial charge in [-0.3, -0.25) is 0 Å². The van der Waals surface area contributed by atoms with Gasteiger partial charge in [-0.15, -0.1) is 0 Å². The minimum absolute atomic E-state index is 0.503. The molecule has 0 aromatic heterocycles. The zero-order chi connectivity index (χ0) is 4.69. The summed E-state index contributed by atoms with van der Waals surface area (Å²) in [6, 6.07) is 0. The molecule has 0 atom stereocenters.